The normalized spacial score (nSPS) is 11.5. The van der Waals surface area contributed by atoms with Crippen LogP contribution in [0.3, 0.4) is 0 Å². The van der Waals surface area contributed by atoms with Crippen LogP contribution in [0.1, 0.15) is 32.6 Å². The van der Waals surface area contributed by atoms with Crippen LogP contribution in [0, 0.1) is 6.92 Å². The number of nitrogens with one attached hydrogen (secondary N) is 1. The number of aryl methyl sites for hydroxylation is 1. The SMILES string of the molecule is Cc1ccccc1CN(c1ccc(C(=O)N/N=C\c2ccc(OCc3ccc4ccccc4c3)cc2)cc1)S(C)(=O)=O. The molecule has 1 N–H and O–H groups in total. The van der Waals surface area contributed by atoms with E-state index in [9.17, 15) is 13.2 Å². The number of anilines is 1. The van der Waals surface area contributed by atoms with Crippen molar-refractivity contribution in [1.29, 1.82) is 0 Å². The van der Waals surface area contributed by atoms with Gasteiger partial charge in [0.05, 0.1) is 24.7 Å². The summed E-state index contributed by atoms with van der Waals surface area (Å²) in [6, 6.07) is 36.0. The van der Waals surface area contributed by atoms with Crippen molar-refractivity contribution in [2.24, 2.45) is 5.10 Å². The van der Waals surface area contributed by atoms with Gasteiger partial charge < -0.3 is 4.74 Å². The maximum absolute atomic E-state index is 12.6. The summed E-state index contributed by atoms with van der Waals surface area (Å²) in [6.07, 6.45) is 2.72. The average molecular weight is 578 g/mol. The van der Waals surface area contributed by atoms with Crippen molar-refractivity contribution in [2.45, 2.75) is 20.1 Å². The summed E-state index contributed by atoms with van der Waals surface area (Å²) in [6.45, 7) is 2.61. The number of hydrogen-bond donors (Lipinski definition) is 1. The van der Waals surface area contributed by atoms with Gasteiger partial charge in [-0.1, -0.05) is 60.7 Å². The maximum atomic E-state index is 12.6. The highest BCUT2D eigenvalue weighted by molar-refractivity contribution is 7.92. The predicted octanol–water partition coefficient (Wildman–Crippen LogP) is 6.46. The van der Waals surface area contributed by atoms with E-state index < -0.39 is 15.9 Å². The quantitative estimate of drug-likeness (QED) is 0.153. The minimum atomic E-state index is -3.54. The van der Waals surface area contributed by atoms with Crippen molar-refractivity contribution in [2.75, 3.05) is 10.6 Å². The smallest absolute Gasteiger partial charge is 0.271 e. The molecule has 7 nitrogen and oxygen atoms in total. The molecule has 5 aromatic carbocycles. The fourth-order valence-corrected chi connectivity index (χ4v) is 5.37. The van der Waals surface area contributed by atoms with Gasteiger partial charge in [0.25, 0.3) is 5.91 Å². The molecular formula is C34H31N3O4S. The molecule has 0 bridgehead atoms. The van der Waals surface area contributed by atoms with E-state index >= 15 is 0 Å². The summed E-state index contributed by atoms with van der Waals surface area (Å²) < 4.78 is 32.3. The number of rotatable bonds is 10. The molecule has 1 amide bonds. The number of sulfonamides is 1. The van der Waals surface area contributed by atoms with Crippen LogP contribution in [0.2, 0.25) is 0 Å². The zero-order valence-corrected chi connectivity index (χ0v) is 24.2. The van der Waals surface area contributed by atoms with E-state index in [0.29, 0.717) is 17.9 Å². The van der Waals surface area contributed by atoms with Crippen molar-refractivity contribution < 1.29 is 17.9 Å². The van der Waals surface area contributed by atoms with Crippen LogP contribution in [0.15, 0.2) is 120 Å². The van der Waals surface area contributed by atoms with Crippen molar-refractivity contribution in [3.63, 3.8) is 0 Å². The lowest BCUT2D eigenvalue weighted by atomic mass is 10.1. The van der Waals surface area contributed by atoms with Crippen molar-refractivity contribution in [3.05, 3.63) is 143 Å². The highest BCUT2D eigenvalue weighted by Crippen LogP contribution is 2.23. The van der Waals surface area contributed by atoms with E-state index in [2.05, 4.69) is 40.9 Å². The summed E-state index contributed by atoms with van der Waals surface area (Å²) >= 11 is 0. The third-order valence-corrected chi connectivity index (χ3v) is 8.01. The Balaban J connectivity index is 1.16. The molecule has 0 aliphatic carbocycles. The molecule has 0 unspecified atom stereocenters. The number of nitrogens with zero attached hydrogens (tertiary/aromatic N) is 2. The van der Waals surface area contributed by atoms with Gasteiger partial charge in [0.15, 0.2) is 0 Å². The molecule has 0 aliphatic rings. The van der Waals surface area contributed by atoms with Crippen molar-refractivity contribution in [3.8, 4) is 5.75 Å². The Labute approximate surface area is 246 Å². The van der Waals surface area contributed by atoms with E-state index in [4.69, 9.17) is 4.74 Å². The Bertz CT molecular complexity index is 1830. The number of carbonyl (C=O) groups is 1. The number of hydrogen-bond acceptors (Lipinski definition) is 5. The zero-order valence-electron chi connectivity index (χ0n) is 23.4. The van der Waals surface area contributed by atoms with Gasteiger partial charge in [-0.2, -0.15) is 5.10 Å². The van der Waals surface area contributed by atoms with Gasteiger partial charge in [-0.05, 0) is 94.5 Å². The molecule has 8 heteroatoms. The highest BCUT2D eigenvalue weighted by atomic mass is 32.2. The van der Waals surface area contributed by atoms with E-state index in [1.54, 1.807) is 30.5 Å². The number of hydrazone groups is 1. The molecule has 0 fully saturated rings. The molecule has 0 spiro atoms. The first-order chi connectivity index (χ1) is 20.3. The average Bonchev–Trinajstić information content (AvgIpc) is 2.99. The van der Waals surface area contributed by atoms with Gasteiger partial charge in [0.2, 0.25) is 10.0 Å². The van der Waals surface area contributed by atoms with Crippen LogP contribution in [0.4, 0.5) is 5.69 Å². The monoisotopic (exact) mass is 577 g/mol. The molecule has 0 radical (unpaired) electrons. The van der Waals surface area contributed by atoms with Gasteiger partial charge >= 0.3 is 0 Å². The molecular weight excluding hydrogens is 546 g/mol. The maximum Gasteiger partial charge on any atom is 0.271 e. The number of amides is 1. The minimum absolute atomic E-state index is 0.203. The van der Waals surface area contributed by atoms with Crippen molar-refractivity contribution in [1.82, 2.24) is 5.43 Å². The Kier molecular flexibility index (Phi) is 8.64. The second-order valence-electron chi connectivity index (χ2n) is 9.98. The van der Waals surface area contributed by atoms with Gasteiger partial charge in [0.1, 0.15) is 12.4 Å². The highest BCUT2D eigenvalue weighted by Gasteiger charge is 2.19. The Morgan fingerprint density at radius 2 is 1.55 bits per heavy atom. The van der Waals surface area contributed by atoms with Crippen LogP contribution < -0.4 is 14.5 Å². The summed E-state index contributed by atoms with van der Waals surface area (Å²) in [7, 11) is -3.54. The third kappa shape index (κ3) is 7.21. The Morgan fingerprint density at radius 1 is 0.857 bits per heavy atom. The summed E-state index contributed by atoms with van der Waals surface area (Å²) in [4.78, 5) is 12.6. The predicted molar refractivity (Wildman–Crippen MR) is 168 cm³/mol. The second-order valence-corrected chi connectivity index (χ2v) is 11.9. The summed E-state index contributed by atoms with van der Waals surface area (Å²) in [5.41, 5.74) is 7.14. The molecule has 0 aromatic heterocycles. The second kappa shape index (κ2) is 12.7. The third-order valence-electron chi connectivity index (χ3n) is 6.87. The first kappa shape index (κ1) is 28.6. The Morgan fingerprint density at radius 3 is 2.26 bits per heavy atom. The number of benzene rings is 5. The number of fused-ring (bicyclic) bond motifs is 1. The molecule has 0 saturated heterocycles. The van der Waals surface area contributed by atoms with E-state index in [1.165, 1.54) is 21.3 Å². The molecule has 212 valence electrons. The van der Waals surface area contributed by atoms with Crippen LogP contribution in [-0.2, 0) is 23.2 Å². The van der Waals surface area contributed by atoms with E-state index in [0.717, 1.165) is 28.0 Å². The molecule has 0 atom stereocenters. The zero-order chi connectivity index (χ0) is 29.5. The van der Waals surface area contributed by atoms with E-state index in [-0.39, 0.29) is 6.54 Å². The van der Waals surface area contributed by atoms with Crippen LogP contribution >= 0.6 is 0 Å². The molecule has 0 aliphatic heterocycles. The molecule has 0 heterocycles. The fourth-order valence-electron chi connectivity index (χ4n) is 4.50. The Hall–Kier alpha value is -4.95. The lowest BCUT2D eigenvalue weighted by Crippen LogP contribution is -2.29. The molecule has 5 aromatic rings. The van der Waals surface area contributed by atoms with Gasteiger partial charge in [0, 0.05) is 5.56 Å². The summed E-state index contributed by atoms with van der Waals surface area (Å²) in [5, 5.41) is 6.43. The first-order valence-electron chi connectivity index (χ1n) is 13.4. The lowest BCUT2D eigenvalue weighted by molar-refractivity contribution is 0.0955. The van der Waals surface area contributed by atoms with Gasteiger partial charge in [-0.25, -0.2) is 13.8 Å². The van der Waals surface area contributed by atoms with Crippen LogP contribution in [0.5, 0.6) is 5.75 Å². The lowest BCUT2D eigenvalue weighted by Gasteiger charge is -2.23. The van der Waals surface area contributed by atoms with Crippen LogP contribution in [0.25, 0.3) is 10.8 Å². The van der Waals surface area contributed by atoms with Gasteiger partial charge in [-0.15, -0.1) is 0 Å². The number of ether oxygens (including phenoxy) is 1. The molecule has 5 rings (SSSR count). The summed E-state index contributed by atoms with van der Waals surface area (Å²) in [5.74, 6) is 0.327. The van der Waals surface area contributed by atoms with E-state index in [1.807, 2.05) is 67.6 Å². The number of carbonyl (C=O) groups excluding carboxylic acids is 1. The molecule has 42 heavy (non-hydrogen) atoms. The largest absolute Gasteiger partial charge is 0.489 e. The first-order valence-corrected chi connectivity index (χ1v) is 15.3. The molecule has 0 saturated carbocycles. The fraction of sp³-hybridized carbons (Fsp3) is 0.118. The standard InChI is InChI=1S/C34H31N3O4S/c1-25-7-3-4-10-31(25)23-37(42(2,39)40)32-17-15-29(16-18-32)34(38)36-35-22-26-12-19-33(20-13-26)41-24-27-11-14-28-8-5-6-9-30(28)21-27/h3-22H,23-24H2,1-2H3,(H,36,38)/b35-22-. The topological polar surface area (TPSA) is 88.1 Å². The minimum Gasteiger partial charge on any atom is -0.489 e. The van der Waals surface area contributed by atoms with Crippen molar-refractivity contribution >= 4 is 38.6 Å². The van der Waals surface area contributed by atoms with Gasteiger partial charge in [-0.3, -0.25) is 9.10 Å². The van der Waals surface area contributed by atoms with Crippen LogP contribution in [-0.4, -0.2) is 26.8 Å².